The molecule has 1 rings (SSSR count). The van der Waals surface area contributed by atoms with Crippen molar-refractivity contribution in [3.63, 3.8) is 0 Å². The molecular formula is C11H18BrN3OS. The van der Waals surface area contributed by atoms with Gasteiger partial charge in [-0.15, -0.1) is 11.3 Å². The number of nitrogens with one attached hydrogen (secondary N) is 1. The summed E-state index contributed by atoms with van der Waals surface area (Å²) in [5.74, 6) is 4.89. The summed E-state index contributed by atoms with van der Waals surface area (Å²) in [4.78, 5) is 14.9. The van der Waals surface area contributed by atoms with E-state index in [4.69, 9.17) is 5.84 Å². The van der Waals surface area contributed by atoms with Gasteiger partial charge in [-0.25, -0.2) is 5.84 Å². The third kappa shape index (κ3) is 4.06. The van der Waals surface area contributed by atoms with Gasteiger partial charge in [0.05, 0.1) is 5.92 Å². The highest BCUT2D eigenvalue weighted by Gasteiger charge is 2.23. The van der Waals surface area contributed by atoms with Crippen molar-refractivity contribution in [2.75, 3.05) is 7.05 Å². The zero-order chi connectivity index (χ0) is 13.0. The number of nitrogens with zero attached hydrogens (tertiary/aromatic N) is 1. The molecule has 6 heteroatoms. The molecule has 1 heterocycles. The molecule has 3 N–H and O–H groups in total. The molecule has 1 aromatic rings. The first kappa shape index (κ1) is 14.6. The van der Waals surface area contributed by atoms with Crippen LogP contribution in [0.15, 0.2) is 15.9 Å². The zero-order valence-electron chi connectivity index (χ0n) is 10.2. The van der Waals surface area contributed by atoms with Crippen molar-refractivity contribution in [2.45, 2.75) is 26.4 Å². The van der Waals surface area contributed by atoms with Crippen molar-refractivity contribution in [1.82, 2.24) is 10.3 Å². The second-order valence-corrected chi connectivity index (χ2v) is 6.10. The van der Waals surface area contributed by atoms with Crippen molar-refractivity contribution in [1.29, 1.82) is 0 Å². The number of rotatable bonds is 5. The van der Waals surface area contributed by atoms with E-state index in [1.54, 1.807) is 11.3 Å². The molecular weight excluding hydrogens is 302 g/mol. The third-order valence-electron chi connectivity index (χ3n) is 3.00. The molecule has 1 amide bonds. The predicted octanol–water partition coefficient (Wildman–Crippen LogP) is 1.96. The number of amides is 1. The van der Waals surface area contributed by atoms with Crippen LogP contribution >= 0.6 is 27.3 Å². The van der Waals surface area contributed by atoms with Crippen LogP contribution in [0.2, 0.25) is 0 Å². The maximum atomic E-state index is 11.4. The van der Waals surface area contributed by atoms with E-state index in [0.717, 1.165) is 11.0 Å². The molecule has 0 radical (unpaired) electrons. The van der Waals surface area contributed by atoms with Crippen LogP contribution in [0.4, 0.5) is 0 Å². The predicted molar refractivity (Wildman–Crippen MR) is 74.4 cm³/mol. The van der Waals surface area contributed by atoms with Gasteiger partial charge in [-0.05, 0) is 36.0 Å². The molecule has 0 saturated heterocycles. The fourth-order valence-corrected chi connectivity index (χ4v) is 3.07. The molecule has 1 aromatic heterocycles. The van der Waals surface area contributed by atoms with Crippen molar-refractivity contribution < 1.29 is 4.79 Å². The number of hydrogen-bond acceptors (Lipinski definition) is 4. The first-order valence-electron chi connectivity index (χ1n) is 5.39. The normalized spacial score (nSPS) is 14.7. The lowest BCUT2D eigenvalue weighted by molar-refractivity contribution is -0.126. The van der Waals surface area contributed by atoms with E-state index in [9.17, 15) is 4.79 Å². The Morgan fingerprint density at radius 3 is 2.76 bits per heavy atom. The van der Waals surface area contributed by atoms with Crippen molar-refractivity contribution >= 4 is 33.2 Å². The average molecular weight is 320 g/mol. The lowest BCUT2D eigenvalue weighted by atomic mass is 10.0. The van der Waals surface area contributed by atoms with Gasteiger partial charge in [-0.2, -0.15) is 0 Å². The average Bonchev–Trinajstić information content (AvgIpc) is 2.71. The summed E-state index contributed by atoms with van der Waals surface area (Å²) in [7, 11) is 2.01. The first-order chi connectivity index (χ1) is 7.95. The van der Waals surface area contributed by atoms with Crippen molar-refractivity contribution in [3.05, 3.63) is 20.8 Å². The van der Waals surface area contributed by atoms with E-state index in [1.165, 1.54) is 4.88 Å². The highest BCUT2D eigenvalue weighted by molar-refractivity contribution is 9.10. The number of hydrazine groups is 1. The topological polar surface area (TPSA) is 58.4 Å². The zero-order valence-corrected chi connectivity index (χ0v) is 12.6. The number of hydrogen-bond donors (Lipinski definition) is 2. The molecule has 96 valence electrons. The summed E-state index contributed by atoms with van der Waals surface area (Å²) in [6.07, 6.45) is 0. The lowest BCUT2D eigenvalue weighted by Crippen LogP contribution is -2.44. The summed E-state index contributed by atoms with van der Waals surface area (Å²) in [5.41, 5.74) is 2.20. The fraction of sp³-hybridized carbons (Fsp3) is 0.545. The molecule has 0 aromatic carbocycles. The van der Waals surface area contributed by atoms with Gasteiger partial charge in [-0.1, -0.05) is 6.92 Å². The Kier molecular flexibility index (Phi) is 5.58. The molecule has 17 heavy (non-hydrogen) atoms. The largest absolute Gasteiger partial charge is 0.298 e. The highest BCUT2D eigenvalue weighted by atomic mass is 79.9. The quantitative estimate of drug-likeness (QED) is 0.495. The van der Waals surface area contributed by atoms with Crippen LogP contribution in [0.3, 0.4) is 0 Å². The SMILES string of the molecule is CC(C(=O)NN)C(C)N(C)Cc1cc(Br)cs1. The van der Waals surface area contributed by atoms with Crippen LogP contribution in [0, 0.1) is 5.92 Å². The van der Waals surface area contributed by atoms with Crippen LogP contribution in [-0.2, 0) is 11.3 Å². The van der Waals surface area contributed by atoms with E-state index in [-0.39, 0.29) is 17.9 Å². The Labute approximate surface area is 114 Å². The maximum absolute atomic E-state index is 11.4. The summed E-state index contributed by atoms with van der Waals surface area (Å²) in [5, 5.41) is 2.06. The van der Waals surface area contributed by atoms with Gasteiger partial charge in [0.1, 0.15) is 0 Å². The lowest BCUT2D eigenvalue weighted by Gasteiger charge is -2.28. The molecule has 2 atom stereocenters. The standard InChI is InChI=1S/C11H18BrN3OS/c1-7(11(16)14-13)8(2)15(3)5-10-4-9(12)6-17-10/h4,6-8H,5,13H2,1-3H3,(H,14,16). The van der Waals surface area contributed by atoms with E-state index in [2.05, 4.69) is 37.7 Å². The summed E-state index contributed by atoms with van der Waals surface area (Å²) >= 11 is 5.14. The minimum absolute atomic E-state index is 0.128. The fourth-order valence-electron chi connectivity index (χ4n) is 1.56. The third-order valence-corrected chi connectivity index (χ3v) is 4.68. The number of halogens is 1. The second kappa shape index (κ2) is 6.49. The molecule has 0 spiro atoms. The van der Waals surface area contributed by atoms with E-state index in [1.807, 2.05) is 20.9 Å². The van der Waals surface area contributed by atoms with Crippen LogP contribution < -0.4 is 11.3 Å². The smallest absolute Gasteiger partial charge is 0.238 e. The van der Waals surface area contributed by atoms with E-state index < -0.39 is 0 Å². The van der Waals surface area contributed by atoms with Crippen molar-refractivity contribution in [3.8, 4) is 0 Å². The van der Waals surface area contributed by atoms with Gasteiger partial charge < -0.3 is 0 Å². The summed E-state index contributed by atoms with van der Waals surface area (Å²) in [6.45, 7) is 4.75. The second-order valence-electron chi connectivity index (χ2n) is 4.18. The van der Waals surface area contributed by atoms with E-state index >= 15 is 0 Å². The maximum Gasteiger partial charge on any atom is 0.238 e. The minimum atomic E-state index is -0.131. The number of carbonyl (C=O) groups is 1. The Morgan fingerprint density at radius 2 is 2.29 bits per heavy atom. The Morgan fingerprint density at radius 1 is 1.65 bits per heavy atom. The van der Waals surface area contributed by atoms with Crippen LogP contribution in [0.5, 0.6) is 0 Å². The van der Waals surface area contributed by atoms with Crippen LogP contribution in [-0.4, -0.2) is 23.9 Å². The molecule has 0 saturated carbocycles. The van der Waals surface area contributed by atoms with Gasteiger partial charge in [0.2, 0.25) is 5.91 Å². The summed E-state index contributed by atoms with van der Waals surface area (Å²) < 4.78 is 1.10. The van der Waals surface area contributed by atoms with Gasteiger partial charge in [0.25, 0.3) is 0 Å². The number of thiophene rings is 1. The molecule has 0 aliphatic rings. The Balaban J connectivity index is 2.57. The van der Waals surface area contributed by atoms with Gasteiger partial charge in [0.15, 0.2) is 0 Å². The highest BCUT2D eigenvalue weighted by Crippen LogP contribution is 2.22. The van der Waals surface area contributed by atoms with Gasteiger partial charge in [-0.3, -0.25) is 15.1 Å². The first-order valence-corrected chi connectivity index (χ1v) is 7.06. The van der Waals surface area contributed by atoms with Gasteiger partial charge >= 0.3 is 0 Å². The monoisotopic (exact) mass is 319 g/mol. The van der Waals surface area contributed by atoms with Gasteiger partial charge in [0, 0.05) is 27.3 Å². The molecule has 0 aliphatic heterocycles. The molecule has 0 aliphatic carbocycles. The Bertz CT molecular complexity index is 383. The van der Waals surface area contributed by atoms with Crippen LogP contribution in [0.25, 0.3) is 0 Å². The van der Waals surface area contributed by atoms with E-state index in [0.29, 0.717) is 0 Å². The minimum Gasteiger partial charge on any atom is -0.298 e. The van der Waals surface area contributed by atoms with Crippen molar-refractivity contribution in [2.24, 2.45) is 11.8 Å². The molecule has 0 fully saturated rings. The Hall–Kier alpha value is -0.430. The molecule has 4 nitrogen and oxygen atoms in total. The number of nitrogens with two attached hydrogens (primary N) is 1. The number of carbonyl (C=O) groups excluding carboxylic acids is 1. The molecule has 2 unspecified atom stereocenters. The van der Waals surface area contributed by atoms with Crippen LogP contribution in [0.1, 0.15) is 18.7 Å². The summed E-state index contributed by atoms with van der Waals surface area (Å²) in [6, 6.07) is 2.24. The molecule has 0 bridgehead atoms.